The molecule has 1 N–H and O–H groups in total. The minimum Gasteiger partial charge on any atom is -0.341 e. The second-order valence-corrected chi connectivity index (χ2v) is 6.06. The predicted octanol–water partition coefficient (Wildman–Crippen LogP) is 4.24. The van der Waals surface area contributed by atoms with Crippen LogP contribution in [0.5, 0.6) is 0 Å². The van der Waals surface area contributed by atoms with E-state index in [0.29, 0.717) is 0 Å². The van der Waals surface area contributed by atoms with E-state index in [1.165, 1.54) is 18.2 Å². The van der Waals surface area contributed by atoms with Crippen LogP contribution in [-0.4, -0.2) is 16.9 Å². The standard InChI is InChI=1S/C12H9BrClF4NO/c13-8-4-9(19-11(20)12(16,17)18)7-3-5(14)1-2-6(7)10(8)15/h1-3,8-10H,4H2,(H,19,20)/t8-,9-,10-/m0/s1. The van der Waals surface area contributed by atoms with Gasteiger partial charge in [-0.25, -0.2) is 4.39 Å². The van der Waals surface area contributed by atoms with Crippen LogP contribution >= 0.6 is 27.5 Å². The molecule has 1 amide bonds. The van der Waals surface area contributed by atoms with Crippen molar-refractivity contribution >= 4 is 33.4 Å². The van der Waals surface area contributed by atoms with Crippen LogP contribution in [0.1, 0.15) is 29.8 Å². The maximum Gasteiger partial charge on any atom is 0.471 e. The van der Waals surface area contributed by atoms with Crippen LogP contribution in [0.4, 0.5) is 17.6 Å². The highest BCUT2D eigenvalue weighted by molar-refractivity contribution is 9.09. The minimum absolute atomic E-state index is 0.0102. The summed E-state index contributed by atoms with van der Waals surface area (Å²) in [7, 11) is 0. The lowest BCUT2D eigenvalue weighted by Gasteiger charge is -2.32. The number of rotatable bonds is 1. The molecule has 1 aromatic carbocycles. The van der Waals surface area contributed by atoms with E-state index in [1.54, 1.807) is 0 Å². The first-order valence-electron chi connectivity index (χ1n) is 5.65. The number of carbonyl (C=O) groups excluding carboxylic acids is 1. The first kappa shape index (κ1) is 15.6. The third kappa shape index (κ3) is 3.09. The summed E-state index contributed by atoms with van der Waals surface area (Å²) in [5.41, 5.74) is 0.508. The van der Waals surface area contributed by atoms with E-state index >= 15 is 0 Å². The SMILES string of the molecule is O=C(N[C@H]1C[C@H](Br)[C@@H](F)c2ccc(Cl)cc21)C(F)(F)F. The Labute approximate surface area is 125 Å². The molecule has 8 heteroatoms. The average Bonchev–Trinajstić information content (AvgIpc) is 2.34. The number of benzene rings is 1. The van der Waals surface area contributed by atoms with Crippen LogP contribution in [0, 0.1) is 0 Å². The van der Waals surface area contributed by atoms with E-state index < -0.39 is 29.1 Å². The van der Waals surface area contributed by atoms with Crippen molar-refractivity contribution in [1.82, 2.24) is 5.32 Å². The molecule has 0 saturated heterocycles. The fourth-order valence-electron chi connectivity index (χ4n) is 2.14. The van der Waals surface area contributed by atoms with Crippen LogP contribution in [0.15, 0.2) is 18.2 Å². The lowest BCUT2D eigenvalue weighted by molar-refractivity contribution is -0.174. The van der Waals surface area contributed by atoms with E-state index in [2.05, 4.69) is 15.9 Å². The molecule has 20 heavy (non-hydrogen) atoms. The highest BCUT2D eigenvalue weighted by atomic mass is 79.9. The Morgan fingerprint density at radius 2 is 2.00 bits per heavy atom. The number of alkyl halides is 5. The molecular formula is C12H9BrClF4NO. The van der Waals surface area contributed by atoms with Crippen molar-refractivity contribution in [2.45, 2.75) is 29.6 Å². The Kier molecular flexibility index (Phi) is 4.30. The molecule has 0 unspecified atom stereocenters. The van der Waals surface area contributed by atoms with E-state index in [9.17, 15) is 22.4 Å². The molecule has 110 valence electrons. The van der Waals surface area contributed by atoms with Gasteiger partial charge in [-0.15, -0.1) is 0 Å². The minimum atomic E-state index is -4.98. The molecule has 2 rings (SSSR count). The maximum absolute atomic E-state index is 14.0. The van der Waals surface area contributed by atoms with E-state index in [1.807, 2.05) is 5.32 Å². The van der Waals surface area contributed by atoms with Crippen LogP contribution < -0.4 is 5.32 Å². The largest absolute Gasteiger partial charge is 0.471 e. The van der Waals surface area contributed by atoms with Crippen molar-refractivity contribution in [3.8, 4) is 0 Å². The number of hydrogen-bond donors (Lipinski definition) is 1. The van der Waals surface area contributed by atoms with Crippen molar-refractivity contribution < 1.29 is 22.4 Å². The van der Waals surface area contributed by atoms with Gasteiger partial charge in [0, 0.05) is 5.02 Å². The summed E-state index contributed by atoms with van der Waals surface area (Å²) in [6.07, 6.45) is -6.33. The quantitative estimate of drug-likeness (QED) is 0.578. The second-order valence-electron chi connectivity index (χ2n) is 4.45. The molecule has 2 nitrogen and oxygen atoms in total. The number of halogens is 6. The lowest BCUT2D eigenvalue weighted by Crippen LogP contribution is -2.41. The van der Waals surface area contributed by atoms with E-state index in [-0.39, 0.29) is 22.6 Å². The first-order valence-corrected chi connectivity index (χ1v) is 6.94. The Morgan fingerprint density at radius 3 is 2.60 bits per heavy atom. The monoisotopic (exact) mass is 373 g/mol. The Hall–Kier alpha value is -0.820. The topological polar surface area (TPSA) is 29.1 Å². The van der Waals surface area contributed by atoms with Crippen molar-refractivity contribution in [2.24, 2.45) is 0 Å². The zero-order chi connectivity index (χ0) is 15.1. The summed E-state index contributed by atoms with van der Waals surface area (Å²) in [5.74, 6) is -2.05. The van der Waals surface area contributed by atoms with Gasteiger partial charge in [-0.2, -0.15) is 13.2 Å². The van der Waals surface area contributed by atoms with Crippen molar-refractivity contribution in [3.63, 3.8) is 0 Å². The van der Waals surface area contributed by atoms with Crippen molar-refractivity contribution in [1.29, 1.82) is 0 Å². The third-order valence-corrected chi connectivity index (χ3v) is 4.14. The molecule has 1 aromatic rings. The highest BCUT2D eigenvalue weighted by Crippen LogP contribution is 2.43. The normalized spacial score (nSPS) is 26.0. The first-order chi connectivity index (χ1) is 9.20. The highest BCUT2D eigenvalue weighted by Gasteiger charge is 2.42. The molecule has 1 aliphatic carbocycles. The van der Waals surface area contributed by atoms with Gasteiger partial charge in [0.15, 0.2) is 0 Å². The van der Waals surface area contributed by atoms with Crippen LogP contribution in [0.25, 0.3) is 0 Å². The molecule has 0 saturated carbocycles. The maximum atomic E-state index is 14.0. The smallest absolute Gasteiger partial charge is 0.341 e. The fraction of sp³-hybridized carbons (Fsp3) is 0.417. The Bertz CT molecular complexity index is 537. The summed E-state index contributed by atoms with van der Waals surface area (Å²) in [5, 5.41) is 2.15. The summed E-state index contributed by atoms with van der Waals surface area (Å²) >= 11 is 8.87. The van der Waals surface area contributed by atoms with Crippen LogP contribution in [-0.2, 0) is 4.79 Å². The fourth-order valence-corrected chi connectivity index (χ4v) is 2.98. The average molecular weight is 375 g/mol. The molecule has 1 aliphatic rings. The molecule has 0 radical (unpaired) electrons. The predicted molar refractivity (Wildman–Crippen MR) is 69.6 cm³/mol. The molecule has 0 spiro atoms. The zero-order valence-corrected chi connectivity index (χ0v) is 12.2. The van der Waals surface area contributed by atoms with Crippen LogP contribution in [0.3, 0.4) is 0 Å². The molecule has 3 atom stereocenters. The van der Waals surface area contributed by atoms with Gasteiger partial charge in [-0.05, 0) is 29.7 Å². The molecule has 0 bridgehead atoms. The molecule has 0 heterocycles. The van der Waals surface area contributed by atoms with Gasteiger partial charge in [0.25, 0.3) is 0 Å². The summed E-state index contributed by atoms with van der Waals surface area (Å²) < 4.78 is 50.9. The van der Waals surface area contributed by atoms with Gasteiger partial charge in [-0.3, -0.25) is 4.79 Å². The van der Waals surface area contributed by atoms with E-state index in [0.717, 1.165) is 0 Å². The zero-order valence-electron chi connectivity index (χ0n) is 9.85. The van der Waals surface area contributed by atoms with Gasteiger partial charge >= 0.3 is 12.1 Å². The summed E-state index contributed by atoms with van der Waals surface area (Å²) in [6.45, 7) is 0. The second kappa shape index (κ2) is 5.52. The number of hydrogen-bond acceptors (Lipinski definition) is 1. The molecule has 0 aliphatic heterocycles. The number of carbonyl (C=O) groups is 1. The van der Waals surface area contributed by atoms with Gasteiger partial charge in [0.2, 0.25) is 0 Å². The summed E-state index contributed by atoms with van der Waals surface area (Å²) in [4.78, 5) is 10.4. The molecule has 0 fully saturated rings. The Morgan fingerprint density at radius 1 is 1.35 bits per heavy atom. The van der Waals surface area contributed by atoms with Crippen molar-refractivity contribution in [3.05, 3.63) is 34.3 Å². The number of fused-ring (bicyclic) bond motifs is 1. The van der Waals surface area contributed by atoms with Crippen molar-refractivity contribution in [2.75, 3.05) is 0 Å². The third-order valence-electron chi connectivity index (χ3n) is 3.06. The van der Waals surface area contributed by atoms with Gasteiger partial charge in [-0.1, -0.05) is 33.6 Å². The lowest BCUT2D eigenvalue weighted by atomic mass is 9.86. The van der Waals surface area contributed by atoms with Gasteiger partial charge in [0.05, 0.1) is 10.9 Å². The van der Waals surface area contributed by atoms with E-state index in [4.69, 9.17) is 11.6 Å². The van der Waals surface area contributed by atoms with Crippen LogP contribution in [0.2, 0.25) is 5.02 Å². The molecular weight excluding hydrogens is 365 g/mol. The van der Waals surface area contributed by atoms with Gasteiger partial charge < -0.3 is 5.32 Å². The molecule has 0 aromatic heterocycles. The number of amides is 1. The number of nitrogens with one attached hydrogen (secondary N) is 1. The Balaban J connectivity index is 2.34. The summed E-state index contributed by atoms with van der Waals surface area (Å²) in [6, 6.07) is 3.32. The van der Waals surface area contributed by atoms with Gasteiger partial charge in [0.1, 0.15) is 6.17 Å².